The minimum Gasteiger partial charge on any atom is -0.366 e. The van der Waals surface area contributed by atoms with E-state index in [4.69, 9.17) is 4.74 Å². The molecule has 4 heteroatoms. The fourth-order valence-electron chi connectivity index (χ4n) is 0.701. The van der Waals surface area contributed by atoms with Gasteiger partial charge in [0.15, 0.2) is 0 Å². The topological polar surface area (TPSA) is 38.3 Å². The largest absolute Gasteiger partial charge is 0.366 e. The van der Waals surface area contributed by atoms with Crippen LogP contribution in [0.25, 0.3) is 0 Å². The van der Waals surface area contributed by atoms with Gasteiger partial charge in [-0.1, -0.05) is 0 Å². The number of thiol groups is 1. The molecule has 0 aliphatic carbocycles. The van der Waals surface area contributed by atoms with Gasteiger partial charge in [-0.3, -0.25) is 4.79 Å². The molecule has 1 heterocycles. The summed E-state index contributed by atoms with van der Waals surface area (Å²) in [5, 5.41) is 2.67. The van der Waals surface area contributed by atoms with E-state index in [1.165, 1.54) is 0 Å². The quantitative estimate of drug-likeness (QED) is 0.487. The van der Waals surface area contributed by atoms with Crippen LogP contribution in [0.3, 0.4) is 0 Å². The van der Waals surface area contributed by atoms with Crippen molar-refractivity contribution in [3.8, 4) is 0 Å². The van der Waals surface area contributed by atoms with Gasteiger partial charge in [0.25, 0.3) is 0 Å². The molecule has 0 radical (unpaired) electrons. The molecule has 0 aromatic rings. The first-order valence-electron chi connectivity index (χ1n) is 2.85. The van der Waals surface area contributed by atoms with Crippen LogP contribution in [0.2, 0.25) is 0 Å². The van der Waals surface area contributed by atoms with E-state index in [9.17, 15) is 4.79 Å². The maximum Gasteiger partial charge on any atom is 0.250 e. The lowest BCUT2D eigenvalue weighted by atomic mass is 10.3. The summed E-state index contributed by atoms with van der Waals surface area (Å²) in [6.07, 6.45) is -0.331. The molecule has 1 saturated heterocycles. The zero-order valence-corrected chi connectivity index (χ0v) is 5.86. The zero-order chi connectivity index (χ0) is 6.69. The molecule has 1 aliphatic heterocycles. The summed E-state index contributed by atoms with van der Waals surface area (Å²) in [5.41, 5.74) is 0. The number of ether oxygens (including phenoxy) is 1. The second-order valence-corrected chi connectivity index (χ2v) is 2.20. The first kappa shape index (κ1) is 6.89. The third-order valence-electron chi connectivity index (χ3n) is 1.18. The summed E-state index contributed by atoms with van der Waals surface area (Å²) in [6.45, 7) is 1.24. The van der Waals surface area contributed by atoms with Crippen molar-refractivity contribution in [3.05, 3.63) is 0 Å². The highest BCUT2D eigenvalue weighted by Gasteiger charge is 2.20. The average molecular weight is 147 g/mol. The Bertz CT molecular complexity index is 118. The molecular weight excluding hydrogens is 138 g/mol. The molecule has 0 bridgehead atoms. The van der Waals surface area contributed by atoms with E-state index in [1.807, 2.05) is 0 Å². The SMILES string of the molecule is O=C1NCCOC1CS. The Balaban J connectivity index is 2.39. The van der Waals surface area contributed by atoms with E-state index in [0.29, 0.717) is 18.9 Å². The van der Waals surface area contributed by atoms with Crippen LogP contribution in [-0.4, -0.2) is 30.9 Å². The van der Waals surface area contributed by atoms with Gasteiger partial charge in [-0.2, -0.15) is 12.6 Å². The van der Waals surface area contributed by atoms with Gasteiger partial charge in [-0.05, 0) is 0 Å². The molecule has 52 valence electrons. The van der Waals surface area contributed by atoms with Crippen LogP contribution in [0.1, 0.15) is 0 Å². The highest BCUT2D eigenvalue weighted by molar-refractivity contribution is 7.80. The third-order valence-corrected chi connectivity index (χ3v) is 1.51. The number of hydrogen-bond donors (Lipinski definition) is 2. The Labute approximate surface area is 59.2 Å². The van der Waals surface area contributed by atoms with Crippen molar-refractivity contribution in [1.82, 2.24) is 5.32 Å². The molecule has 1 unspecified atom stereocenters. The van der Waals surface area contributed by atoms with Crippen LogP contribution in [0.4, 0.5) is 0 Å². The summed E-state index contributed by atoms with van der Waals surface area (Å²) >= 11 is 3.94. The Morgan fingerprint density at radius 1 is 1.89 bits per heavy atom. The lowest BCUT2D eigenvalue weighted by Crippen LogP contribution is -2.45. The molecule has 1 fully saturated rings. The summed E-state index contributed by atoms with van der Waals surface area (Å²) in [4.78, 5) is 10.7. The summed E-state index contributed by atoms with van der Waals surface area (Å²) in [6, 6.07) is 0. The van der Waals surface area contributed by atoms with E-state index in [0.717, 1.165) is 0 Å². The van der Waals surface area contributed by atoms with Gasteiger partial charge in [0, 0.05) is 12.3 Å². The molecular formula is C5H9NO2S. The Morgan fingerprint density at radius 2 is 2.67 bits per heavy atom. The van der Waals surface area contributed by atoms with Crippen LogP contribution < -0.4 is 5.32 Å². The highest BCUT2D eigenvalue weighted by Crippen LogP contribution is 1.98. The minimum atomic E-state index is -0.331. The van der Waals surface area contributed by atoms with Crippen LogP contribution in [0.15, 0.2) is 0 Å². The van der Waals surface area contributed by atoms with Crippen molar-refractivity contribution in [3.63, 3.8) is 0 Å². The number of nitrogens with one attached hydrogen (secondary N) is 1. The molecule has 1 amide bonds. The van der Waals surface area contributed by atoms with Crippen molar-refractivity contribution >= 4 is 18.5 Å². The predicted molar refractivity (Wildman–Crippen MR) is 36.6 cm³/mol. The zero-order valence-electron chi connectivity index (χ0n) is 4.96. The van der Waals surface area contributed by atoms with Gasteiger partial charge < -0.3 is 10.1 Å². The summed E-state index contributed by atoms with van der Waals surface area (Å²) < 4.78 is 5.05. The van der Waals surface area contributed by atoms with E-state index in [-0.39, 0.29) is 12.0 Å². The van der Waals surface area contributed by atoms with E-state index in [2.05, 4.69) is 17.9 Å². The molecule has 3 nitrogen and oxygen atoms in total. The van der Waals surface area contributed by atoms with Gasteiger partial charge in [-0.15, -0.1) is 0 Å². The Morgan fingerprint density at radius 3 is 3.11 bits per heavy atom. The lowest BCUT2D eigenvalue weighted by Gasteiger charge is -2.20. The molecule has 1 atom stereocenters. The van der Waals surface area contributed by atoms with Crippen LogP contribution >= 0.6 is 12.6 Å². The maximum atomic E-state index is 10.7. The molecule has 0 aromatic heterocycles. The smallest absolute Gasteiger partial charge is 0.250 e. The average Bonchev–Trinajstić information content (AvgIpc) is 1.89. The molecule has 0 spiro atoms. The van der Waals surface area contributed by atoms with Gasteiger partial charge in [-0.25, -0.2) is 0 Å². The summed E-state index contributed by atoms with van der Waals surface area (Å²) in [7, 11) is 0. The Hall–Kier alpha value is -0.220. The standard InChI is InChI=1S/C5H9NO2S/c7-5-4(3-9)8-2-1-6-5/h4,9H,1-3H2,(H,6,7). The number of carbonyl (C=O) groups excluding carboxylic acids is 1. The van der Waals surface area contributed by atoms with Gasteiger partial charge in [0.05, 0.1) is 6.61 Å². The fraction of sp³-hybridized carbons (Fsp3) is 0.800. The minimum absolute atomic E-state index is 0.0451. The second kappa shape index (κ2) is 3.08. The molecule has 9 heavy (non-hydrogen) atoms. The first-order valence-corrected chi connectivity index (χ1v) is 3.48. The highest BCUT2D eigenvalue weighted by atomic mass is 32.1. The maximum absolute atomic E-state index is 10.7. The van der Waals surface area contributed by atoms with E-state index < -0.39 is 0 Å². The third kappa shape index (κ3) is 1.59. The van der Waals surface area contributed by atoms with Crippen LogP contribution in [0.5, 0.6) is 0 Å². The number of rotatable bonds is 1. The van der Waals surface area contributed by atoms with E-state index >= 15 is 0 Å². The van der Waals surface area contributed by atoms with Crippen molar-refractivity contribution in [1.29, 1.82) is 0 Å². The number of hydrogen-bond acceptors (Lipinski definition) is 3. The van der Waals surface area contributed by atoms with Crippen molar-refractivity contribution in [2.75, 3.05) is 18.9 Å². The predicted octanol–water partition coefficient (Wildman–Crippen LogP) is -0.569. The summed E-state index contributed by atoms with van der Waals surface area (Å²) in [5.74, 6) is 0.419. The Kier molecular flexibility index (Phi) is 2.36. The van der Waals surface area contributed by atoms with Crippen molar-refractivity contribution in [2.24, 2.45) is 0 Å². The van der Waals surface area contributed by atoms with Gasteiger partial charge >= 0.3 is 0 Å². The molecule has 0 saturated carbocycles. The molecule has 1 N–H and O–H groups in total. The molecule has 1 rings (SSSR count). The first-order chi connectivity index (χ1) is 4.34. The molecule has 0 aromatic carbocycles. The van der Waals surface area contributed by atoms with Crippen LogP contribution in [0, 0.1) is 0 Å². The van der Waals surface area contributed by atoms with Gasteiger partial charge in [0.1, 0.15) is 6.10 Å². The van der Waals surface area contributed by atoms with E-state index in [1.54, 1.807) is 0 Å². The normalized spacial score (nSPS) is 27.7. The second-order valence-electron chi connectivity index (χ2n) is 1.83. The lowest BCUT2D eigenvalue weighted by molar-refractivity contribution is -0.135. The van der Waals surface area contributed by atoms with Crippen LogP contribution in [-0.2, 0) is 9.53 Å². The van der Waals surface area contributed by atoms with Crippen molar-refractivity contribution < 1.29 is 9.53 Å². The number of amides is 1. The monoisotopic (exact) mass is 147 g/mol. The van der Waals surface area contributed by atoms with Crippen molar-refractivity contribution in [2.45, 2.75) is 6.10 Å². The fourth-order valence-corrected chi connectivity index (χ4v) is 0.972. The number of morpholine rings is 1. The number of carbonyl (C=O) groups is 1. The van der Waals surface area contributed by atoms with Gasteiger partial charge in [0.2, 0.25) is 5.91 Å². The molecule has 1 aliphatic rings.